The van der Waals surface area contributed by atoms with Crippen LogP contribution in [0.3, 0.4) is 0 Å². The predicted octanol–water partition coefficient (Wildman–Crippen LogP) is 5.40. The number of aromatic nitrogens is 1. The van der Waals surface area contributed by atoms with Crippen LogP contribution >= 0.6 is 0 Å². The van der Waals surface area contributed by atoms with Crippen molar-refractivity contribution in [2.75, 3.05) is 7.05 Å². The molecule has 0 saturated heterocycles. The fourth-order valence-corrected chi connectivity index (χ4v) is 4.57. The third kappa shape index (κ3) is 2.39. The second-order valence-electron chi connectivity index (χ2n) is 8.08. The zero-order valence-corrected chi connectivity index (χ0v) is 16.6. The number of amides is 1. The van der Waals surface area contributed by atoms with E-state index >= 15 is 0 Å². The summed E-state index contributed by atoms with van der Waals surface area (Å²) in [5.41, 5.74) is 3.98. The van der Waals surface area contributed by atoms with Gasteiger partial charge in [-0.15, -0.1) is 0 Å². The molecule has 1 heterocycles. The monoisotopic (exact) mass is 368 g/mol. The van der Waals surface area contributed by atoms with Crippen molar-refractivity contribution in [1.29, 1.82) is 0 Å². The van der Waals surface area contributed by atoms with Crippen LogP contribution in [-0.2, 0) is 12.6 Å². The topological polar surface area (TPSA) is 25.2 Å². The fourth-order valence-electron chi connectivity index (χ4n) is 4.57. The molecule has 1 fully saturated rings. The van der Waals surface area contributed by atoms with Crippen molar-refractivity contribution in [3.05, 3.63) is 83.6 Å². The average Bonchev–Trinajstić information content (AvgIpc) is 3.45. The molecule has 0 unspecified atom stereocenters. The Morgan fingerprint density at radius 3 is 2.54 bits per heavy atom. The van der Waals surface area contributed by atoms with Crippen LogP contribution in [0.2, 0.25) is 0 Å². The van der Waals surface area contributed by atoms with Gasteiger partial charge in [0, 0.05) is 31.4 Å². The quantitative estimate of drug-likeness (QED) is 0.475. The van der Waals surface area contributed by atoms with Crippen LogP contribution in [0.5, 0.6) is 0 Å². The number of carbonyl (C=O) groups excluding carboxylic acids is 1. The summed E-state index contributed by atoms with van der Waals surface area (Å²) in [4.78, 5) is 15.5. The Hall–Kier alpha value is -3.07. The molecule has 1 aromatic heterocycles. The van der Waals surface area contributed by atoms with Gasteiger partial charge in [-0.1, -0.05) is 42.5 Å². The molecule has 1 aliphatic carbocycles. The van der Waals surface area contributed by atoms with Crippen LogP contribution in [0, 0.1) is 6.92 Å². The summed E-state index contributed by atoms with van der Waals surface area (Å²) >= 11 is 0. The number of hydrogen-bond acceptors (Lipinski definition) is 1. The smallest absolute Gasteiger partial charge is 0.254 e. The SMILES string of the molecule is Cc1cc2ccn(C)c2cc1C(=O)N(C)C1(c2cccc3ccccc23)CC1. The minimum atomic E-state index is -0.201. The largest absolute Gasteiger partial charge is 0.351 e. The summed E-state index contributed by atoms with van der Waals surface area (Å²) in [6.45, 7) is 2.03. The molecule has 0 bridgehead atoms. The Kier molecular flexibility index (Phi) is 3.63. The molecule has 3 nitrogen and oxygen atoms in total. The first kappa shape index (κ1) is 17.1. The maximum atomic E-state index is 13.6. The normalized spacial score (nSPS) is 15.1. The van der Waals surface area contributed by atoms with Crippen molar-refractivity contribution in [1.82, 2.24) is 9.47 Å². The Bertz CT molecular complexity index is 1220. The molecule has 1 saturated carbocycles. The zero-order valence-electron chi connectivity index (χ0n) is 16.6. The van der Waals surface area contributed by atoms with E-state index in [1.807, 2.05) is 38.2 Å². The number of hydrogen-bond donors (Lipinski definition) is 0. The third-order valence-electron chi connectivity index (χ3n) is 6.42. The Labute approximate surface area is 165 Å². The van der Waals surface area contributed by atoms with Gasteiger partial charge in [-0.05, 0) is 65.3 Å². The lowest BCUT2D eigenvalue weighted by Gasteiger charge is -2.30. The van der Waals surface area contributed by atoms with Crippen LogP contribution in [0.25, 0.3) is 21.7 Å². The first-order valence-electron chi connectivity index (χ1n) is 9.83. The van der Waals surface area contributed by atoms with Crippen LogP contribution in [-0.4, -0.2) is 22.4 Å². The molecule has 0 aliphatic heterocycles. The number of fused-ring (bicyclic) bond motifs is 2. The summed E-state index contributed by atoms with van der Waals surface area (Å²) in [5.74, 6) is 0.103. The minimum Gasteiger partial charge on any atom is -0.351 e. The van der Waals surface area contributed by atoms with Gasteiger partial charge in [0.2, 0.25) is 0 Å². The van der Waals surface area contributed by atoms with Crippen molar-refractivity contribution in [2.24, 2.45) is 7.05 Å². The summed E-state index contributed by atoms with van der Waals surface area (Å²) in [6.07, 6.45) is 4.06. The maximum Gasteiger partial charge on any atom is 0.254 e. The lowest BCUT2D eigenvalue weighted by atomic mass is 9.95. The highest BCUT2D eigenvalue weighted by Crippen LogP contribution is 2.52. The average molecular weight is 368 g/mol. The molecular formula is C25H24N2O. The molecule has 3 aromatic carbocycles. The lowest BCUT2D eigenvalue weighted by molar-refractivity contribution is 0.0705. The molecule has 3 heteroatoms. The van der Waals surface area contributed by atoms with Crippen LogP contribution in [0.15, 0.2) is 66.9 Å². The number of carbonyl (C=O) groups is 1. The van der Waals surface area contributed by atoms with Crippen molar-refractivity contribution in [2.45, 2.75) is 25.3 Å². The molecule has 5 rings (SSSR count). The number of benzene rings is 3. The summed E-state index contributed by atoms with van der Waals surface area (Å²) < 4.78 is 2.07. The van der Waals surface area contributed by atoms with E-state index in [9.17, 15) is 4.79 Å². The van der Waals surface area contributed by atoms with E-state index in [0.29, 0.717) is 0 Å². The highest BCUT2D eigenvalue weighted by atomic mass is 16.2. The van der Waals surface area contributed by atoms with E-state index < -0.39 is 0 Å². The van der Waals surface area contributed by atoms with E-state index in [1.165, 1.54) is 21.7 Å². The van der Waals surface area contributed by atoms with Gasteiger partial charge in [-0.2, -0.15) is 0 Å². The van der Waals surface area contributed by atoms with Crippen molar-refractivity contribution >= 4 is 27.6 Å². The summed E-state index contributed by atoms with van der Waals surface area (Å²) in [5, 5.41) is 3.65. The van der Waals surface area contributed by atoms with Crippen LogP contribution in [0.4, 0.5) is 0 Å². The van der Waals surface area contributed by atoms with Gasteiger partial charge in [0.15, 0.2) is 0 Å². The lowest BCUT2D eigenvalue weighted by Crippen LogP contribution is -2.37. The standard InChI is InChI=1S/C25H24N2O/c1-17-15-19-11-14-26(2)23(19)16-21(17)24(28)27(3)25(12-13-25)22-10-6-8-18-7-4-5-9-20(18)22/h4-11,14-16H,12-13H2,1-3H3. The molecule has 0 spiro atoms. The molecule has 0 N–H and O–H groups in total. The van der Waals surface area contributed by atoms with Gasteiger partial charge in [0.1, 0.15) is 0 Å². The molecule has 0 atom stereocenters. The third-order valence-corrected chi connectivity index (χ3v) is 6.42. The van der Waals surface area contributed by atoms with Gasteiger partial charge in [-0.3, -0.25) is 4.79 Å². The van der Waals surface area contributed by atoms with Gasteiger partial charge in [0.25, 0.3) is 5.91 Å². The fraction of sp³-hybridized carbons (Fsp3) is 0.240. The van der Waals surface area contributed by atoms with Gasteiger partial charge in [0.05, 0.1) is 5.54 Å². The van der Waals surface area contributed by atoms with Gasteiger partial charge in [-0.25, -0.2) is 0 Å². The van der Waals surface area contributed by atoms with E-state index in [2.05, 4.69) is 59.2 Å². The van der Waals surface area contributed by atoms with Gasteiger partial charge < -0.3 is 9.47 Å². The molecule has 28 heavy (non-hydrogen) atoms. The van der Waals surface area contributed by atoms with Gasteiger partial charge >= 0.3 is 0 Å². The summed E-state index contributed by atoms with van der Waals surface area (Å²) in [6, 6.07) is 21.2. The summed E-state index contributed by atoms with van der Waals surface area (Å²) in [7, 11) is 3.99. The van der Waals surface area contributed by atoms with E-state index in [1.54, 1.807) is 0 Å². The predicted molar refractivity (Wildman–Crippen MR) is 115 cm³/mol. The number of aryl methyl sites for hydroxylation is 2. The molecular weight excluding hydrogens is 344 g/mol. The number of nitrogens with zero attached hydrogens (tertiary/aromatic N) is 2. The second-order valence-corrected chi connectivity index (χ2v) is 8.08. The Morgan fingerprint density at radius 1 is 1.00 bits per heavy atom. The molecule has 0 radical (unpaired) electrons. The first-order chi connectivity index (χ1) is 13.5. The first-order valence-corrected chi connectivity index (χ1v) is 9.83. The highest BCUT2D eigenvalue weighted by Gasteiger charge is 2.50. The van der Waals surface area contributed by atoms with Crippen molar-refractivity contribution in [3.8, 4) is 0 Å². The van der Waals surface area contributed by atoms with Crippen LogP contribution < -0.4 is 0 Å². The molecule has 1 aliphatic rings. The zero-order chi connectivity index (χ0) is 19.5. The minimum absolute atomic E-state index is 0.103. The Balaban J connectivity index is 1.59. The highest BCUT2D eigenvalue weighted by molar-refractivity contribution is 6.00. The second kappa shape index (κ2) is 5.96. The number of rotatable bonds is 3. The molecule has 140 valence electrons. The maximum absolute atomic E-state index is 13.6. The van der Waals surface area contributed by atoms with Crippen LogP contribution in [0.1, 0.15) is 34.3 Å². The van der Waals surface area contributed by atoms with E-state index in [-0.39, 0.29) is 11.4 Å². The van der Waals surface area contributed by atoms with E-state index in [0.717, 1.165) is 29.5 Å². The Morgan fingerprint density at radius 2 is 1.75 bits per heavy atom. The van der Waals surface area contributed by atoms with E-state index in [4.69, 9.17) is 0 Å². The van der Waals surface area contributed by atoms with Crippen molar-refractivity contribution < 1.29 is 4.79 Å². The van der Waals surface area contributed by atoms with Crippen molar-refractivity contribution in [3.63, 3.8) is 0 Å². The molecule has 4 aromatic rings. The molecule has 1 amide bonds.